The summed E-state index contributed by atoms with van der Waals surface area (Å²) in [6.07, 6.45) is 4.00. The Labute approximate surface area is 96.0 Å². The maximum atomic E-state index is 9.99. The van der Waals surface area contributed by atoms with Crippen molar-refractivity contribution in [3.63, 3.8) is 0 Å². The summed E-state index contributed by atoms with van der Waals surface area (Å²) in [6, 6.07) is 7.51. The fraction of sp³-hybridized carbons (Fsp3) is 0.0909. The third kappa shape index (κ3) is 2.40. The van der Waals surface area contributed by atoms with E-state index in [1.165, 1.54) is 6.33 Å². The molecule has 1 aromatic heterocycles. The number of benzene rings is 1. The second kappa shape index (κ2) is 4.51. The first-order valence-electron chi connectivity index (χ1n) is 4.46. The second-order valence-corrected chi connectivity index (χ2v) is 4.04. The zero-order valence-corrected chi connectivity index (χ0v) is 9.42. The highest BCUT2D eigenvalue weighted by Gasteiger charge is 2.09. The molecule has 0 amide bonds. The molecular formula is C11H9BrN2O. The van der Waals surface area contributed by atoms with Crippen molar-refractivity contribution in [3.05, 3.63) is 58.6 Å². The molecule has 0 bridgehead atoms. The van der Waals surface area contributed by atoms with Gasteiger partial charge in [0.15, 0.2) is 0 Å². The first-order chi connectivity index (χ1) is 7.27. The zero-order chi connectivity index (χ0) is 10.7. The van der Waals surface area contributed by atoms with E-state index in [1.807, 2.05) is 24.3 Å². The predicted octanol–water partition coefficient (Wildman–Crippen LogP) is 2.32. The minimum atomic E-state index is -0.667. The van der Waals surface area contributed by atoms with Crippen molar-refractivity contribution in [2.75, 3.05) is 0 Å². The molecule has 15 heavy (non-hydrogen) atoms. The van der Waals surface area contributed by atoms with Crippen LogP contribution in [-0.2, 0) is 0 Å². The second-order valence-electron chi connectivity index (χ2n) is 3.13. The summed E-state index contributed by atoms with van der Waals surface area (Å²) in [5.41, 5.74) is 1.52. The van der Waals surface area contributed by atoms with Crippen molar-refractivity contribution in [1.29, 1.82) is 0 Å². The van der Waals surface area contributed by atoms with E-state index >= 15 is 0 Å². The highest BCUT2D eigenvalue weighted by Crippen LogP contribution is 2.21. The van der Waals surface area contributed by atoms with Gasteiger partial charge in [0.25, 0.3) is 0 Å². The van der Waals surface area contributed by atoms with Gasteiger partial charge in [-0.15, -0.1) is 0 Å². The third-order valence-corrected chi connectivity index (χ3v) is 2.61. The van der Waals surface area contributed by atoms with Crippen LogP contribution in [0.1, 0.15) is 17.2 Å². The topological polar surface area (TPSA) is 46.0 Å². The van der Waals surface area contributed by atoms with E-state index in [9.17, 15) is 5.11 Å². The van der Waals surface area contributed by atoms with Crippen LogP contribution in [0.2, 0.25) is 0 Å². The van der Waals surface area contributed by atoms with Crippen molar-refractivity contribution in [2.24, 2.45) is 0 Å². The fourth-order valence-electron chi connectivity index (χ4n) is 1.29. The lowest BCUT2D eigenvalue weighted by Crippen LogP contribution is -2.00. The number of nitrogens with zero attached hydrogens (tertiary/aromatic N) is 2. The van der Waals surface area contributed by atoms with Crippen LogP contribution in [0, 0.1) is 0 Å². The maximum Gasteiger partial charge on any atom is 0.115 e. The highest BCUT2D eigenvalue weighted by molar-refractivity contribution is 9.10. The number of aliphatic hydroxyl groups excluding tert-OH is 1. The van der Waals surface area contributed by atoms with E-state index in [-0.39, 0.29) is 0 Å². The Morgan fingerprint density at radius 3 is 2.20 bits per heavy atom. The van der Waals surface area contributed by atoms with Gasteiger partial charge in [0.1, 0.15) is 12.4 Å². The van der Waals surface area contributed by atoms with Crippen molar-refractivity contribution in [2.45, 2.75) is 6.10 Å². The average molecular weight is 265 g/mol. The highest BCUT2D eigenvalue weighted by atomic mass is 79.9. The van der Waals surface area contributed by atoms with E-state index in [0.29, 0.717) is 5.56 Å². The number of aromatic nitrogens is 2. The van der Waals surface area contributed by atoms with Crippen LogP contribution in [0.25, 0.3) is 0 Å². The summed E-state index contributed by atoms with van der Waals surface area (Å²) < 4.78 is 0.989. The molecule has 0 radical (unpaired) electrons. The third-order valence-electron chi connectivity index (χ3n) is 2.08. The first kappa shape index (κ1) is 10.3. The minimum absolute atomic E-state index is 0.667. The molecule has 0 unspecified atom stereocenters. The van der Waals surface area contributed by atoms with Gasteiger partial charge in [-0.05, 0) is 17.7 Å². The average Bonchev–Trinajstić information content (AvgIpc) is 2.30. The van der Waals surface area contributed by atoms with E-state index in [0.717, 1.165) is 10.0 Å². The van der Waals surface area contributed by atoms with Gasteiger partial charge in [-0.25, -0.2) is 9.97 Å². The summed E-state index contributed by atoms with van der Waals surface area (Å²) >= 11 is 3.34. The van der Waals surface area contributed by atoms with Gasteiger partial charge in [-0.3, -0.25) is 0 Å². The Kier molecular flexibility index (Phi) is 3.08. The molecule has 0 saturated heterocycles. The molecule has 4 heteroatoms. The monoisotopic (exact) mass is 264 g/mol. The summed E-state index contributed by atoms with van der Waals surface area (Å²) in [5, 5.41) is 9.99. The summed E-state index contributed by atoms with van der Waals surface area (Å²) in [5.74, 6) is 0. The molecule has 1 atom stereocenters. The van der Waals surface area contributed by atoms with Crippen LogP contribution in [0.4, 0.5) is 0 Å². The van der Waals surface area contributed by atoms with E-state index in [1.54, 1.807) is 12.4 Å². The van der Waals surface area contributed by atoms with E-state index in [2.05, 4.69) is 25.9 Å². The molecule has 3 nitrogen and oxygen atoms in total. The fourth-order valence-corrected chi connectivity index (χ4v) is 1.55. The largest absolute Gasteiger partial charge is 0.384 e. The van der Waals surface area contributed by atoms with Crippen LogP contribution >= 0.6 is 15.9 Å². The van der Waals surface area contributed by atoms with Crippen LogP contribution < -0.4 is 0 Å². The molecular weight excluding hydrogens is 256 g/mol. The molecule has 0 fully saturated rings. The van der Waals surface area contributed by atoms with E-state index in [4.69, 9.17) is 0 Å². The van der Waals surface area contributed by atoms with Crippen molar-refractivity contribution >= 4 is 15.9 Å². The Bertz CT molecular complexity index is 430. The lowest BCUT2D eigenvalue weighted by molar-refractivity contribution is 0.219. The van der Waals surface area contributed by atoms with Crippen molar-refractivity contribution in [1.82, 2.24) is 9.97 Å². The quantitative estimate of drug-likeness (QED) is 0.906. The standard InChI is InChI=1S/C11H9BrN2O/c12-10-3-1-8(2-4-10)11(15)9-5-13-7-14-6-9/h1-7,11,15H/t11-/m1/s1. The molecule has 1 aromatic carbocycles. The number of halogens is 1. The van der Waals surface area contributed by atoms with Gasteiger partial charge in [0.05, 0.1) is 0 Å². The summed E-state index contributed by atoms with van der Waals surface area (Å²) in [7, 11) is 0. The molecule has 1 N–H and O–H groups in total. The SMILES string of the molecule is O[C@H](c1ccc(Br)cc1)c1cncnc1. The predicted molar refractivity (Wildman–Crippen MR) is 60.2 cm³/mol. The van der Waals surface area contributed by atoms with Gasteiger partial charge in [-0.2, -0.15) is 0 Å². The zero-order valence-electron chi connectivity index (χ0n) is 7.84. The van der Waals surface area contributed by atoms with Crippen LogP contribution in [0.15, 0.2) is 47.5 Å². The number of hydrogen-bond donors (Lipinski definition) is 1. The smallest absolute Gasteiger partial charge is 0.115 e. The van der Waals surface area contributed by atoms with Gasteiger partial charge >= 0.3 is 0 Å². The Morgan fingerprint density at radius 2 is 1.60 bits per heavy atom. The number of rotatable bonds is 2. The van der Waals surface area contributed by atoms with Gasteiger partial charge < -0.3 is 5.11 Å². The first-order valence-corrected chi connectivity index (χ1v) is 5.25. The lowest BCUT2D eigenvalue weighted by Gasteiger charge is -2.09. The molecule has 0 saturated carbocycles. The number of hydrogen-bond acceptors (Lipinski definition) is 3. The Hall–Kier alpha value is -1.26. The molecule has 0 aliphatic carbocycles. The number of aliphatic hydroxyl groups is 1. The van der Waals surface area contributed by atoms with Crippen molar-refractivity contribution < 1.29 is 5.11 Å². The molecule has 0 aliphatic heterocycles. The van der Waals surface area contributed by atoms with Crippen LogP contribution in [0.5, 0.6) is 0 Å². The molecule has 0 aliphatic rings. The molecule has 1 heterocycles. The Balaban J connectivity index is 2.29. The summed E-state index contributed by atoms with van der Waals surface area (Å²) in [6.45, 7) is 0. The van der Waals surface area contributed by atoms with Crippen LogP contribution in [0.3, 0.4) is 0 Å². The van der Waals surface area contributed by atoms with E-state index < -0.39 is 6.10 Å². The molecule has 0 spiro atoms. The van der Waals surface area contributed by atoms with Gasteiger partial charge in [-0.1, -0.05) is 28.1 Å². The van der Waals surface area contributed by atoms with Gasteiger partial charge in [0.2, 0.25) is 0 Å². The lowest BCUT2D eigenvalue weighted by atomic mass is 10.0. The molecule has 2 aromatic rings. The van der Waals surface area contributed by atoms with Crippen LogP contribution in [-0.4, -0.2) is 15.1 Å². The maximum absolute atomic E-state index is 9.99. The molecule has 76 valence electrons. The summed E-state index contributed by atoms with van der Waals surface area (Å²) in [4.78, 5) is 7.74. The molecule has 2 rings (SSSR count). The Morgan fingerprint density at radius 1 is 1.00 bits per heavy atom. The normalized spacial score (nSPS) is 12.4. The van der Waals surface area contributed by atoms with Crippen molar-refractivity contribution in [3.8, 4) is 0 Å². The minimum Gasteiger partial charge on any atom is -0.384 e. The van der Waals surface area contributed by atoms with Gasteiger partial charge in [0, 0.05) is 22.4 Å².